The first kappa shape index (κ1) is 21.9. The highest BCUT2D eigenvalue weighted by atomic mass is 32.1. The third-order valence-corrected chi connectivity index (χ3v) is 7.67. The normalized spacial score (nSPS) is 18.6. The topological polar surface area (TPSA) is 90.9 Å². The molecule has 172 valence electrons. The summed E-state index contributed by atoms with van der Waals surface area (Å²) < 4.78 is 0. The number of hydrogen-bond donors (Lipinski definition) is 0. The fourth-order valence-electron chi connectivity index (χ4n) is 4.72. The van der Waals surface area contributed by atoms with E-state index in [1.54, 1.807) is 24.3 Å². The van der Waals surface area contributed by atoms with Crippen molar-refractivity contribution in [1.82, 2.24) is 19.7 Å². The lowest BCUT2D eigenvalue weighted by Crippen LogP contribution is -2.48. The van der Waals surface area contributed by atoms with Gasteiger partial charge >= 0.3 is 0 Å². The summed E-state index contributed by atoms with van der Waals surface area (Å²) in [6, 6.07) is 6.83. The fraction of sp³-hybridized carbons (Fsp3) is 0.458. The highest BCUT2D eigenvalue weighted by Gasteiger charge is 2.34. The van der Waals surface area contributed by atoms with Crippen LogP contribution in [-0.4, -0.2) is 75.9 Å². The molecule has 5 rings (SSSR count). The molecule has 3 aliphatic rings. The largest absolute Gasteiger partial charge is 0.340 e. The van der Waals surface area contributed by atoms with E-state index in [0.29, 0.717) is 50.0 Å². The number of carbonyl (C=O) groups is 4. The number of aryl methyl sites for hydroxylation is 1. The van der Waals surface area contributed by atoms with Crippen molar-refractivity contribution >= 4 is 34.8 Å². The number of piperazine rings is 1. The maximum Gasteiger partial charge on any atom is 0.261 e. The molecule has 2 aliphatic heterocycles. The number of nitrogens with zero attached hydrogens (tertiary/aromatic N) is 4. The van der Waals surface area contributed by atoms with Crippen LogP contribution in [0.25, 0.3) is 0 Å². The third-order valence-electron chi connectivity index (χ3n) is 6.55. The third kappa shape index (κ3) is 4.35. The van der Waals surface area contributed by atoms with Crippen molar-refractivity contribution in [3.63, 3.8) is 0 Å². The quantitative estimate of drug-likeness (QED) is 0.607. The number of hydrogen-bond acceptors (Lipinski definition) is 7. The highest BCUT2D eigenvalue weighted by Crippen LogP contribution is 2.28. The monoisotopic (exact) mass is 466 g/mol. The molecular weight excluding hydrogens is 440 g/mol. The number of benzene rings is 1. The van der Waals surface area contributed by atoms with Crippen LogP contribution in [0.15, 0.2) is 24.3 Å². The van der Waals surface area contributed by atoms with E-state index in [1.807, 2.05) is 4.90 Å². The van der Waals surface area contributed by atoms with Crippen LogP contribution < -0.4 is 0 Å². The zero-order valence-corrected chi connectivity index (χ0v) is 19.2. The molecule has 0 atom stereocenters. The first-order chi connectivity index (χ1) is 16.0. The summed E-state index contributed by atoms with van der Waals surface area (Å²) in [6.07, 6.45) is 3.18. The van der Waals surface area contributed by atoms with Gasteiger partial charge in [-0.05, 0) is 31.4 Å². The SMILES string of the molecule is O=C1CCCc2nc(CN3CCN(C(=O)CCCN4C(=O)c5ccccc5C4=O)CC3)sc21. The molecule has 9 heteroatoms. The molecule has 1 aromatic carbocycles. The number of carbonyl (C=O) groups excluding carboxylic acids is 4. The number of aromatic nitrogens is 1. The van der Waals surface area contributed by atoms with E-state index in [4.69, 9.17) is 0 Å². The van der Waals surface area contributed by atoms with E-state index in [2.05, 4.69) is 9.88 Å². The summed E-state index contributed by atoms with van der Waals surface area (Å²) in [5, 5.41) is 0.982. The molecule has 33 heavy (non-hydrogen) atoms. The summed E-state index contributed by atoms with van der Waals surface area (Å²) in [5.74, 6) is -0.275. The lowest BCUT2D eigenvalue weighted by molar-refractivity contribution is -0.133. The van der Waals surface area contributed by atoms with Crippen LogP contribution in [0.2, 0.25) is 0 Å². The molecule has 0 N–H and O–H groups in total. The predicted octanol–water partition coefficient (Wildman–Crippen LogP) is 2.38. The summed E-state index contributed by atoms with van der Waals surface area (Å²) in [4.78, 5) is 60.5. The van der Waals surface area contributed by atoms with Crippen molar-refractivity contribution in [1.29, 1.82) is 0 Å². The Morgan fingerprint density at radius 3 is 2.33 bits per heavy atom. The van der Waals surface area contributed by atoms with Crippen LogP contribution in [0.3, 0.4) is 0 Å². The second-order valence-electron chi connectivity index (χ2n) is 8.73. The van der Waals surface area contributed by atoms with Crippen LogP contribution in [-0.2, 0) is 17.8 Å². The first-order valence-corrected chi connectivity index (χ1v) is 12.3. The van der Waals surface area contributed by atoms with Gasteiger partial charge in [-0.25, -0.2) is 4.98 Å². The van der Waals surface area contributed by atoms with Gasteiger partial charge in [0, 0.05) is 45.6 Å². The minimum absolute atomic E-state index is 0.0570. The molecule has 1 saturated heterocycles. The van der Waals surface area contributed by atoms with Gasteiger partial charge in [0.25, 0.3) is 11.8 Å². The van der Waals surface area contributed by atoms with E-state index >= 15 is 0 Å². The molecule has 1 aliphatic carbocycles. The van der Waals surface area contributed by atoms with E-state index in [9.17, 15) is 19.2 Å². The molecule has 2 aromatic rings. The van der Waals surface area contributed by atoms with Crippen molar-refractivity contribution in [3.8, 4) is 0 Å². The Kier molecular flexibility index (Phi) is 6.07. The van der Waals surface area contributed by atoms with Gasteiger partial charge in [0.15, 0.2) is 5.78 Å². The number of amides is 3. The first-order valence-electron chi connectivity index (χ1n) is 11.5. The Morgan fingerprint density at radius 2 is 1.67 bits per heavy atom. The molecule has 0 unspecified atom stereocenters. The minimum Gasteiger partial charge on any atom is -0.340 e. The van der Waals surface area contributed by atoms with E-state index in [0.717, 1.165) is 41.5 Å². The van der Waals surface area contributed by atoms with Crippen LogP contribution in [0.4, 0.5) is 0 Å². The second kappa shape index (κ2) is 9.15. The lowest BCUT2D eigenvalue weighted by atomic mass is 10.0. The van der Waals surface area contributed by atoms with E-state index in [-0.39, 0.29) is 30.0 Å². The van der Waals surface area contributed by atoms with Gasteiger partial charge in [-0.2, -0.15) is 0 Å². The number of thiazole rings is 1. The Bertz CT molecular complexity index is 1080. The van der Waals surface area contributed by atoms with E-state index < -0.39 is 0 Å². The summed E-state index contributed by atoms with van der Waals surface area (Å²) in [5.41, 5.74) is 1.84. The smallest absolute Gasteiger partial charge is 0.261 e. The number of Topliss-reactive ketones (excluding diaryl/α,β-unsaturated/α-hetero) is 1. The molecule has 3 amide bonds. The summed E-state index contributed by atoms with van der Waals surface area (Å²) in [6.45, 7) is 3.80. The van der Waals surface area contributed by atoms with Crippen LogP contribution in [0, 0.1) is 0 Å². The number of fused-ring (bicyclic) bond motifs is 2. The highest BCUT2D eigenvalue weighted by molar-refractivity contribution is 7.13. The number of rotatable bonds is 6. The van der Waals surface area contributed by atoms with Crippen molar-refractivity contribution < 1.29 is 19.2 Å². The molecule has 0 saturated carbocycles. The van der Waals surface area contributed by atoms with Gasteiger partial charge in [0.1, 0.15) is 5.01 Å². The van der Waals surface area contributed by atoms with Crippen molar-refractivity contribution in [2.75, 3.05) is 32.7 Å². The second-order valence-corrected chi connectivity index (χ2v) is 9.81. The average molecular weight is 467 g/mol. The van der Waals surface area contributed by atoms with Crippen LogP contribution in [0.1, 0.15) is 66.8 Å². The van der Waals surface area contributed by atoms with Crippen molar-refractivity contribution in [2.24, 2.45) is 0 Å². The Morgan fingerprint density at radius 1 is 0.970 bits per heavy atom. The van der Waals surface area contributed by atoms with Crippen molar-refractivity contribution in [3.05, 3.63) is 51.0 Å². The zero-order valence-electron chi connectivity index (χ0n) is 18.4. The molecule has 0 spiro atoms. The maximum atomic E-state index is 12.7. The zero-order chi connectivity index (χ0) is 22.9. The molecule has 1 fully saturated rings. The van der Waals surface area contributed by atoms with Gasteiger partial charge in [-0.15, -0.1) is 11.3 Å². The Hall–Kier alpha value is -2.91. The van der Waals surface area contributed by atoms with Crippen molar-refractivity contribution in [2.45, 2.75) is 38.6 Å². The lowest BCUT2D eigenvalue weighted by Gasteiger charge is -2.34. The van der Waals surface area contributed by atoms with Gasteiger partial charge in [0.05, 0.1) is 28.2 Å². The van der Waals surface area contributed by atoms with Gasteiger partial charge in [-0.1, -0.05) is 12.1 Å². The fourth-order valence-corrected chi connectivity index (χ4v) is 5.84. The minimum atomic E-state index is -0.276. The molecule has 3 heterocycles. The van der Waals surface area contributed by atoms with Crippen LogP contribution in [0.5, 0.6) is 0 Å². The Balaban J connectivity index is 1.07. The maximum absolute atomic E-state index is 12.7. The molecule has 0 radical (unpaired) electrons. The van der Waals surface area contributed by atoms with E-state index in [1.165, 1.54) is 16.2 Å². The Labute approximate surface area is 196 Å². The van der Waals surface area contributed by atoms with Crippen LogP contribution >= 0.6 is 11.3 Å². The summed E-state index contributed by atoms with van der Waals surface area (Å²) in [7, 11) is 0. The predicted molar refractivity (Wildman–Crippen MR) is 122 cm³/mol. The molecule has 1 aromatic heterocycles. The standard InChI is InChI=1S/C24H26N4O4S/c29-19-8-3-7-18-22(19)33-20(25-18)15-26-11-13-27(14-12-26)21(30)9-4-10-28-23(31)16-5-1-2-6-17(16)24(28)32/h1-2,5-6H,3-4,7-15H2. The van der Waals surface area contributed by atoms with Gasteiger partial charge < -0.3 is 4.90 Å². The van der Waals surface area contributed by atoms with Gasteiger partial charge in [0.2, 0.25) is 5.91 Å². The molecule has 8 nitrogen and oxygen atoms in total. The molecule has 0 bridgehead atoms. The summed E-state index contributed by atoms with van der Waals surface area (Å²) >= 11 is 1.52. The number of imide groups is 1. The average Bonchev–Trinajstić information content (AvgIpc) is 3.35. The molecular formula is C24H26N4O4S. The number of ketones is 1. The van der Waals surface area contributed by atoms with Gasteiger partial charge in [-0.3, -0.25) is 29.0 Å².